The van der Waals surface area contributed by atoms with Gasteiger partial charge < -0.3 is 9.80 Å². The predicted molar refractivity (Wildman–Crippen MR) is 93.5 cm³/mol. The lowest BCUT2D eigenvalue weighted by Crippen LogP contribution is -2.48. The third-order valence-electron chi connectivity index (χ3n) is 5.24. The molecule has 7 nitrogen and oxygen atoms in total. The Morgan fingerprint density at radius 3 is 2.80 bits per heavy atom. The normalized spacial score (nSPS) is 21.7. The first kappa shape index (κ1) is 17.9. The SMILES string of the molecule is CC(C)[C@@H]1CN(C(=O)CCCn2cncn2)CCC(=O)N1CC1CC1. The fourth-order valence-corrected chi connectivity index (χ4v) is 3.49. The van der Waals surface area contributed by atoms with Crippen LogP contribution < -0.4 is 0 Å². The lowest BCUT2D eigenvalue weighted by molar-refractivity contribution is -0.134. The largest absolute Gasteiger partial charge is 0.340 e. The first-order valence-corrected chi connectivity index (χ1v) is 9.44. The summed E-state index contributed by atoms with van der Waals surface area (Å²) in [7, 11) is 0. The Labute approximate surface area is 149 Å². The van der Waals surface area contributed by atoms with E-state index in [1.807, 2.05) is 4.90 Å². The van der Waals surface area contributed by atoms with E-state index < -0.39 is 0 Å². The number of carbonyl (C=O) groups excluding carboxylic acids is 2. The molecular formula is C18H29N5O2. The van der Waals surface area contributed by atoms with Crippen LogP contribution in [0.25, 0.3) is 0 Å². The van der Waals surface area contributed by atoms with Crippen molar-refractivity contribution in [2.24, 2.45) is 11.8 Å². The molecule has 2 aliphatic rings. The summed E-state index contributed by atoms with van der Waals surface area (Å²) in [4.78, 5) is 33.1. The molecule has 3 rings (SSSR count). The van der Waals surface area contributed by atoms with Crippen LogP contribution in [0.1, 0.15) is 46.0 Å². The van der Waals surface area contributed by atoms with Gasteiger partial charge in [0.15, 0.2) is 0 Å². The van der Waals surface area contributed by atoms with Gasteiger partial charge >= 0.3 is 0 Å². The highest BCUT2D eigenvalue weighted by Gasteiger charge is 2.36. The van der Waals surface area contributed by atoms with E-state index in [0.29, 0.717) is 44.3 Å². The van der Waals surface area contributed by atoms with Crippen LogP contribution in [0, 0.1) is 11.8 Å². The van der Waals surface area contributed by atoms with Crippen molar-refractivity contribution in [3.63, 3.8) is 0 Å². The van der Waals surface area contributed by atoms with Crippen LogP contribution in [0.5, 0.6) is 0 Å². The zero-order valence-electron chi connectivity index (χ0n) is 15.3. The van der Waals surface area contributed by atoms with E-state index in [1.54, 1.807) is 11.0 Å². The van der Waals surface area contributed by atoms with Crippen molar-refractivity contribution in [3.05, 3.63) is 12.7 Å². The molecule has 0 unspecified atom stereocenters. The minimum absolute atomic E-state index is 0.134. The van der Waals surface area contributed by atoms with Crippen LogP contribution in [0.3, 0.4) is 0 Å². The average molecular weight is 347 g/mol. The summed E-state index contributed by atoms with van der Waals surface area (Å²) in [6.45, 7) is 7.08. The van der Waals surface area contributed by atoms with E-state index >= 15 is 0 Å². The molecule has 0 radical (unpaired) electrons. The van der Waals surface area contributed by atoms with Crippen LogP contribution in [0.2, 0.25) is 0 Å². The second kappa shape index (κ2) is 7.97. The quantitative estimate of drug-likeness (QED) is 0.750. The van der Waals surface area contributed by atoms with Crippen molar-refractivity contribution in [1.82, 2.24) is 24.6 Å². The van der Waals surface area contributed by atoms with Crippen molar-refractivity contribution in [2.45, 2.75) is 58.5 Å². The van der Waals surface area contributed by atoms with Crippen LogP contribution in [0.15, 0.2) is 12.7 Å². The number of aromatic nitrogens is 3. The summed E-state index contributed by atoms with van der Waals surface area (Å²) in [6.07, 6.45) is 7.32. The van der Waals surface area contributed by atoms with E-state index in [4.69, 9.17) is 0 Å². The summed E-state index contributed by atoms with van der Waals surface area (Å²) in [6, 6.07) is 0.134. The van der Waals surface area contributed by atoms with E-state index in [0.717, 1.165) is 13.0 Å². The van der Waals surface area contributed by atoms with Gasteiger partial charge in [0.1, 0.15) is 12.7 Å². The first-order valence-electron chi connectivity index (χ1n) is 9.44. The highest BCUT2D eigenvalue weighted by Crippen LogP contribution is 2.32. The van der Waals surface area contributed by atoms with Crippen molar-refractivity contribution in [3.8, 4) is 0 Å². The maximum atomic E-state index is 12.6. The monoisotopic (exact) mass is 347 g/mol. The summed E-state index contributed by atoms with van der Waals surface area (Å²) in [5.74, 6) is 1.39. The van der Waals surface area contributed by atoms with Gasteiger partial charge in [0.2, 0.25) is 11.8 Å². The number of rotatable bonds is 7. The highest BCUT2D eigenvalue weighted by molar-refractivity contribution is 5.80. The van der Waals surface area contributed by atoms with Crippen molar-refractivity contribution in [1.29, 1.82) is 0 Å². The van der Waals surface area contributed by atoms with Gasteiger partial charge in [-0.15, -0.1) is 0 Å². The molecular weight excluding hydrogens is 318 g/mol. The number of amides is 2. The molecule has 2 fully saturated rings. The molecule has 25 heavy (non-hydrogen) atoms. The van der Waals surface area contributed by atoms with Crippen molar-refractivity contribution >= 4 is 11.8 Å². The summed E-state index contributed by atoms with van der Waals surface area (Å²) < 4.78 is 1.74. The lowest BCUT2D eigenvalue weighted by Gasteiger charge is -2.34. The molecule has 1 saturated heterocycles. The molecule has 1 aromatic heterocycles. The molecule has 7 heteroatoms. The predicted octanol–water partition coefficient (Wildman–Crippen LogP) is 1.55. The van der Waals surface area contributed by atoms with Crippen molar-refractivity contribution in [2.75, 3.05) is 19.6 Å². The van der Waals surface area contributed by atoms with Gasteiger partial charge in [-0.2, -0.15) is 5.10 Å². The Bertz CT molecular complexity index is 582. The van der Waals surface area contributed by atoms with Crippen LogP contribution >= 0.6 is 0 Å². The lowest BCUT2D eigenvalue weighted by atomic mass is 10.0. The van der Waals surface area contributed by atoms with E-state index in [2.05, 4.69) is 28.8 Å². The average Bonchev–Trinajstić information content (AvgIpc) is 3.29. The van der Waals surface area contributed by atoms with Gasteiger partial charge in [-0.25, -0.2) is 4.98 Å². The molecule has 1 atom stereocenters. The fraction of sp³-hybridized carbons (Fsp3) is 0.778. The van der Waals surface area contributed by atoms with Gasteiger partial charge in [-0.3, -0.25) is 14.3 Å². The van der Waals surface area contributed by atoms with Gasteiger partial charge in [0.05, 0.1) is 6.04 Å². The first-order chi connectivity index (χ1) is 12.0. The summed E-state index contributed by atoms with van der Waals surface area (Å²) >= 11 is 0. The van der Waals surface area contributed by atoms with Gasteiger partial charge in [-0.1, -0.05) is 13.8 Å². The number of aryl methyl sites for hydroxylation is 1. The van der Waals surface area contributed by atoms with Crippen LogP contribution in [-0.4, -0.2) is 62.1 Å². The maximum absolute atomic E-state index is 12.6. The summed E-state index contributed by atoms with van der Waals surface area (Å²) in [5, 5.41) is 4.06. The van der Waals surface area contributed by atoms with Gasteiger partial charge in [0.25, 0.3) is 0 Å². The third kappa shape index (κ3) is 4.80. The number of carbonyl (C=O) groups is 2. The zero-order valence-corrected chi connectivity index (χ0v) is 15.3. The second-order valence-corrected chi connectivity index (χ2v) is 7.65. The fourth-order valence-electron chi connectivity index (χ4n) is 3.49. The number of hydrogen-bond acceptors (Lipinski definition) is 4. The molecule has 1 aliphatic carbocycles. The van der Waals surface area contributed by atoms with Crippen LogP contribution in [0.4, 0.5) is 0 Å². The molecule has 138 valence electrons. The molecule has 0 N–H and O–H groups in total. The molecule has 0 aromatic carbocycles. The van der Waals surface area contributed by atoms with Gasteiger partial charge in [-0.05, 0) is 31.1 Å². The van der Waals surface area contributed by atoms with Crippen molar-refractivity contribution < 1.29 is 9.59 Å². The van der Waals surface area contributed by atoms with E-state index in [-0.39, 0.29) is 17.9 Å². The standard InChI is InChI=1S/C18H29N5O2/c1-14(2)16-11-21(9-7-18(25)23(16)10-15-5-6-15)17(24)4-3-8-22-13-19-12-20-22/h12-16H,3-11H2,1-2H3/t16-/m0/s1. The number of nitrogens with zero attached hydrogens (tertiary/aromatic N) is 5. The maximum Gasteiger partial charge on any atom is 0.224 e. The molecule has 0 bridgehead atoms. The Balaban J connectivity index is 1.57. The molecule has 1 aliphatic heterocycles. The topological polar surface area (TPSA) is 71.3 Å². The molecule has 2 amide bonds. The minimum atomic E-state index is 0.134. The second-order valence-electron chi connectivity index (χ2n) is 7.65. The Hall–Kier alpha value is -1.92. The Morgan fingerprint density at radius 2 is 2.16 bits per heavy atom. The molecule has 1 aromatic rings. The molecule has 1 saturated carbocycles. The van der Waals surface area contributed by atoms with E-state index in [9.17, 15) is 9.59 Å². The van der Waals surface area contributed by atoms with E-state index in [1.165, 1.54) is 19.2 Å². The minimum Gasteiger partial charge on any atom is -0.340 e. The number of hydrogen-bond donors (Lipinski definition) is 0. The third-order valence-corrected chi connectivity index (χ3v) is 5.24. The van der Waals surface area contributed by atoms with Gasteiger partial charge in [0, 0.05) is 39.0 Å². The van der Waals surface area contributed by atoms with Crippen LogP contribution in [-0.2, 0) is 16.1 Å². The molecule has 2 heterocycles. The zero-order chi connectivity index (χ0) is 17.8. The summed E-state index contributed by atoms with van der Waals surface area (Å²) in [5.41, 5.74) is 0. The molecule has 0 spiro atoms. The smallest absolute Gasteiger partial charge is 0.224 e. The Morgan fingerprint density at radius 1 is 1.36 bits per heavy atom. The highest BCUT2D eigenvalue weighted by atomic mass is 16.2. The Kier molecular flexibility index (Phi) is 5.71.